The summed E-state index contributed by atoms with van der Waals surface area (Å²) >= 11 is 0. The van der Waals surface area contributed by atoms with E-state index in [0.717, 1.165) is 89.9 Å². The third kappa shape index (κ3) is 83.6. The van der Waals surface area contributed by atoms with E-state index in [4.69, 9.17) is 18.5 Å². The van der Waals surface area contributed by atoms with E-state index < -0.39 is 26.5 Å². The SMILES string of the molecule is CC/C=C\C/C=C\C/C=C\C/C=C\C/C=C\C/C=C\C/C=C\C/C=C\CCCCCCCCCCCCCCCCC(=O)OC(COC(=O)CCCCCCCCCCCCCCCCCCCCCCCCCCC/C=C\CCCCCCCCCC)COP(=O)([O-])OCC[N+](C)(C)C. The van der Waals surface area contributed by atoms with Crippen molar-refractivity contribution in [1.29, 1.82) is 0 Å². The zero-order valence-corrected chi connectivity index (χ0v) is 67.3. The van der Waals surface area contributed by atoms with Crippen LogP contribution in [0.5, 0.6) is 0 Å². The lowest BCUT2D eigenvalue weighted by Crippen LogP contribution is -2.37. The molecule has 0 fully saturated rings. The molecule has 2 atom stereocenters. The van der Waals surface area contributed by atoms with Crippen molar-refractivity contribution in [2.24, 2.45) is 0 Å². The van der Waals surface area contributed by atoms with Crippen LogP contribution in [0.3, 0.4) is 0 Å². The largest absolute Gasteiger partial charge is 0.756 e. The van der Waals surface area contributed by atoms with Gasteiger partial charge in [0.15, 0.2) is 6.10 Å². The van der Waals surface area contributed by atoms with Crippen LogP contribution in [0, 0.1) is 0 Å². The molecule has 0 amide bonds. The maximum Gasteiger partial charge on any atom is 0.306 e. The van der Waals surface area contributed by atoms with Gasteiger partial charge in [0.05, 0.1) is 27.7 Å². The number of phosphoric ester groups is 1. The summed E-state index contributed by atoms with van der Waals surface area (Å²) in [6, 6.07) is 0. The highest BCUT2D eigenvalue weighted by molar-refractivity contribution is 7.45. The number of allylic oxidation sites excluding steroid dienone is 18. The molecular weight excluding hydrogens is 1250 g/mol. The zero-order chi connectivity index (χ0) is 72.5. The van der Waals surface area contributed by atoms with Crippen LogP contribution < -0.4 is 4.89 Å². The summed E-state index contributed by atoms with van der Waals surface area (Å²) in [5.41, 5.74) is 0. The Morgan fingerprint density at radius 2 is 0.570 bits per heavy atom. The number of unbranched alkanes of at least 4 members (excludes halogenated alkanes) is 47. The van der Waals surface area contributed by atoms with Crippen molar-refractivity contribution < 1.29 is 42.1 Å². The van der Waals surface area contributed by atoms with Crippen molar-refractivity contribution in [3.05, 3.63) is 109 Å². The van der Waals surface area contributed by atoms with Crippen molar-refractivity contribution in [1.82, 2.24) is 0 Å². The first kappa shape index (κ1) is 96.7. The van der Waals surface area contributed by atoms with Gasteiger partial charge in [0.1, 0.15) is 19.8 Å². The minimum Gasteiger partial charge on any atom is -0.756 e. The summed E-state index contributed by atoms with van der Waals surface area (Å²) in [4.78, 5) is 38.2. The number of carbonyl (C=O) groups is 2. The Morgan fingerprint density at radius 1 is 0.320 bits per heavy atom. The van der Waals surface area contributed by atoms with Gasteiger partial charge in [-0.15, -0.1) is 0 Å². The zero-order valence-electron chi connectivity index (χ0n) is 66.4. The van der Waals surface area contributed by atoms with Gasteiger partial charge in [0.2, 0.25) is 0 Å². The molecule has 0 spiro atoms. The summed E-state index contributed by atoms with van der Waals surface area (Å²) in [6.45, 7) is 4.18. The van der Waals surface area contributed by atoms with Crippen LogP contribution in [0.4, 0.5) is 0 Å². The molecule has 100 heavy (non-hydrogen) atoms. The van der Waals surface area contributed by atoms with Crippen molar-refractivity contribution in [2.45, 2.75) is 405 Å². The van der Waals surface area contributed by atoms with Crippen LogP contribution in [-0.2, 0) is 32.7 Å². The topological polar surface area (TPSA) is 111 Å². The first-order valence-corrected chi connectivity index (χ1v) is 44.1. The number of phosphoric acid groups is 1. The quantitative estimate of drug-likeness (QED) is 0.0195. The molecule has 0 saturated carbocycles. The number of ether oxygens (including phenoxy) is 2. The number of esters is 2. The van der Waals surface area contributed by atoms with Gasteiger partial charge in [-0.05, 0) is 103 Å². The molecule has 0 heterocycles. The van der Waals surface area contributed by atoms with Crippen LogP contribution in [0.1, 0.15) is 399 Å². The maximum atomic E-state index is 12.9. The van der Waals surface area contributed by atoms with Crippen molar-refractivity contribution in [3.63, 3.8) is 0 Å². The minimum atomic E-state index is -4.65. The minimum absolute atomic E-state index is 0.0322. The normalized spacial score (nSPS) is 13.5. The Balaban J connectivity index is 3.93. The highest BCUT2D eigenvalue weighted by Gasteiger charge is 2.22. The van der Waals surface area contributed by atoms with Crippen LogP contribution >= 0.6 is 7.82 Å². The van der Waals surface area contributed by atoms with Crippen LogP contribution in [0.25, 0.3) is 0 Å². The van der Waals surface area contributed by atoms with E-state index in [1.165, 1.54) is 276 Å². The van der Waals surface area contributed by atoms with E-state index in [0.29, 0.717) is 17.4 Å². The monoisotopic (exact) mass is 1420 g/mol. The third-order valence-corrected chi connectivity index (χ3v) is 19.7. The van der Waals surface area contributed by atoms with Gasteiger partial charge in [-0.25, -0.2) is 0 Å². The molecule has 2 unspecified atom stereocenters. The van der Waals surface area contributed by atoms with E-state index in [9.17, 15) is 19.0 Å². The summed E-state index contributed by atoms with van der Waals surface area (Å²) in [7, 11) is 1.18. The molecule has 0 rings (SSSR count). The molecule has 10 heteroatoms. The molecule has 0 aromatic rings. The summed E-state index contributed by atoms with van der Waals surface area (Å²) in [5, 5.41) is 0. The van der Waals surface area contributed by atoms with Gasteiger partial charge >= 0.3 is 11.9 Å². The summed E-state index contributed by atoms with van der Waals surface area (Å²) in [5.74, 6) is -0.819. The molecule has 0 saturated heterocycles. The van der Waals surface area contributed by atoms with Gasteiger partial charge in [-0.3, -0.25) is 14.2 Å². The van der Waals surface area contributed by atoms with Crippen molar-refractivity contribution >= 4 is 19.8 Å². The fourth-order valence-corrected chi connectivity index (χ4v) is 13.0. The second-order valence-corrected chi connectivity index (χ2v) is 31.2. The number of quaternary nitrogens is 1. The van der Waals surface area contributed by atoms with E-state index >= 15 is 0 Å². The molecule has 580 valence electrons. The van der Waals surface area contributed by atoms with Gasteiger partial charge < -0.3 is 27.9 Å². The molecule has 0 aliphatic heterocycles. The molecule has 0 radical (unpaired) electrons. The first-order chi connectivity index (χ1) is 49.0. The fraction of sp³-hybridized carbons (Fsp3) is 0.778. The smallest absolute Gasteiger partial charge is 0.306 e. The van der Waals surface area contributed by atoms with Crippen LogP contribution in [-0.4, -0.2) is 70.0 Å². The number of nitrogens with zero attached hydrogens (tertiary/aromatic N) is 1. The van der Waals surface area contributed by atoms with Crippen molar-refractivity contribution in [3.8, 4) is 0 Å². The van der Waals surface area contributed by atoms with Gasteiger partial charge in [-0.2, -0.15) is 0 Å². The first-order valence-electron chi connectivity index (χ1n) is 42.6. The lowest BCUT2D eigenvalue weighted by atomic mass is 10.0. The predicted molar refractivity (Wildman–Crippen MR) is 434 cm³/mol. The maximum absolute atomic E-state index is 12.9. The van der Waals surface area contributed by atoms with Crippen LogP contribution in [0.2, 0.25) is 0 Å². The van der Waals surface area contributed by atoms with Gasteiger partial charge in [-0.1, -0.05) is 393 Å². The van der Waals surface area contributed by atoms with E-state index in [2.05, 4.69) is 123 Å². The number of hydrogen-bond donors (Lipinski definition) is 0. The molecule has 0 bridgehead atoms. The molecule has 0 aromatic carbocycles. The number of rotatable bonds is 79. The Kier molecular flexibility index (Phi) is 77.1. The molecule has 0 aliphatic rings. The van der Waals surface area contributed by atoms with E-state index in [1.807, 2.05) is 21.1 Å². The number of hydrogen-bond acceptors (Lipinski definition) is 8. The highest BCUT2D eigenvalue weighted by atomic mass is 31.2. The fourth-order valence-electron chi connectivity index (χ4n) is 12.3. The standard InChI is InChI=1S/C90H162NO8P/c1-6-8-10-12-14-16-18-20-22-24-26-28-30-32-34-36-38-40-42-44-45-47-49-51-53-55-57-59-61-63-65-67-69-71-73-75-77-79-81-83-90(93)99-88(87-98-100(94,95)97-85-84-91(3,4)5)86-96-89(92)82-80-78-76-74-72-70-68-66-64-62-60-58-56-54-52-50-48-46-43-41-39-37-35-33-31-29-27-25-23-21-19-17-15-13-11-9-7-2/h8,10,14,16,20,22,25-28,32,34,38,40,44-45,49,51,88H,6-7,9,11-13,15,17-19,21,23-24,29-31,33,35-37,39,41-43,46-48,50,52-87H2,1-5H3/b10-8-,16-14-,22-20-,27-25-,28-26-,34-32-,40-38-,45-44-,51-49-. The lowest BCUT2D eigenvalue weighted by Gasteiger charge is -2.28. The second-order valence-electron chi connectivity index (χ2n) is 29.8. The van der Waals surface area contributed by atoms with Gasteiger partial charge in [0.25, 0.3) is 7.82 Å². The Bertz CT molecular complexity index is 2060. The Hall–Kier alpha value is -3.33. The molecule has 0 N–H and O–H groups in total. The average molecular weight is 1420 g/mol. The lowest BCUT2D eigenvalue weighted by molar-refractivity contribution is -0.870. The van der Waals surface area contributed by atoms with E-state index in [-0.39, 0.29) is 32.0 Å². The average Bonchev–Trinajstić information content (AvgIpc) is 1.07. The molecule has 9 nitrogen and oxygen atoms in total. The number of carbonyl (C=O) groups excluding carboxylic acids is 2. The van der Waals surface area contributed by atoms with Gasteiger partial charge in [0, 0.05) is 12.8 Å². The second kappa shape index (κ2) is 79.8. The van der Waals surface area contributed by atoms with Crippen molar-refractivity contribution in [2.75, 3.05) is 47.5 Å². The summed E-state index contributed by atoms with van der Waals surface area (Å²) in [6.07, 6.45) is 114. The van der Waals surface area contributed by atoms with Crippen LogP contribution in [0.15, 0.2) is 109 Å². The highest BCUT2D eigenvalue weighted by Crippen LogP contribution is 2.38. The summed E-state index contributed by atoms with van der Waals surface area (Å²) < 4.78 is 34.5. The Labute approximate surface area is 620 Å². The molecular formula is C90H162NO8P. The molecule has 0 aromatic heterocycles. The Morgan fingerprint density at radius 3 is 0.860 bits per heavy atom. The predicted octanol–water partition coefficient (Wildman–Crippen LogP) is 28.1. The molecule has 0 aliphatic carbocycles. The van der Waals surface area contributed by atoms with E-state index in [1.54, 1.807) is 0 Å². The third-order valence-electron chi connectivity index (χ3n) is 18.8. The number of likely N-dealkylation sites (N-methyl/N-ethyl adjacent to an activating group) is 1.